The van der Waals surface area contributed by atoms with E-state index in [-0.39, 0.29) is 29.2 Å². The Morgan fingerprint density at radius 2 is 1.76 bits per heavy atom. The van der Waals surface area contributed by atoms with E-state index in [1.165, 1.54) is 24.0 Å². The fraction of sp³-hybridized carbons (Fsp3) is 0.714. The Kier molecular flexibility index (Phi) is 2.22. The lowest BCUT2D eigenvalue weighted by Crippen LogP contribution is -2.31. The van der Waals surface area contributed by atoms with Crippen LogP contribution in [0.3, 0.4) is 0 Å². The third-order valence-corrected chi connectivity index (χ3v) is 4.71. The van der Waals surface area contributed by atoms with Crippen LogP contribution in [-0.4, -0.2) is 11.9 Å². The fourth-order valence-corrected chi connectivity index (χ4v) is 3.69. The summed E-state index contributed by atoms with van der Waals surface area (Å²) in [6.45, 7) is 4.51. The van der Waals surface area contributed by atoms with Gasteiger partial charge in [0.1, 0.15) is 0 Å². The minimum atomic E-state index is -0.298. The minimum Gasteiger partial charge on any atom is -0.393 e. The first-order chi connectivity index (χ1) is 7.99. The SMILES string of the molecule is CC1(C)CCCC2=C1C[C@@H]1C(=O)OC(=O)[C@H]1C2. The van der Waals surface area contributed by atoms with Crippen LogP contribution in [0.25, 0.3) is 0 Å². The summed E-state index contributed by atoms with van der Waals surface area (Å²) < 4.78 is 4.78. The van der Waals surface area contributed by atoms with Crippen LogP contribution in [0.5, 0.6) is 0 Å². The zero-order valence-corrected chi connectivity index (χ0v) is 10.4. The quantitative estimate of drug-likeness (QED) is 0.367. The zero-order valence-electron chi connectivity index (χ0n) is 10.4. The van der Waals surface area contributed by atoms with Crippen LogP contribution in [0.15, 0.2) is 11.1 Å². The van der Waals surface area contributed by atoms with E-state index in [2.05, 4.69) is 13.8 Å². The smallest absolute Gasteiger partial charge is 0.317 e. The van der Waals surface area contributed by atoms with Crippen molar-refractivity contribution in [1.82, 2.24) is 0 Å². The molecule has 0 amide bonds. The molecule has 3 nitrogen and oxygen atoms in total. The number of hydrogen-bond acceptors (Lipinski definition) is 3. The molecule has 3 aliphatic rings. The first kappa shape index (κ1) is 11.0. The minimum absolute atomic E-state index is 0.185. The van der Waals surface area contributed by atoms with Crippen LogP contribution in [-0.2, 0) is 14.3 Å². The standard InChI is InChI=1S/C14H18O3/c1-14(2)5-3-4-8-6-9-10(7-11(8)14)13(16)17-12(9)15/h9-10H,3-7H2,1-2H3/t9-,10-/m0/s1. The Morgan fingerprint density at radius 3 is 2.47 bits per heavy atom. The number of carbonyl (C=O) groups is 2. The van der Waals surface area contributed by atoms with Gasteiger partial charge in [-0.3, -0.25) is 9.59 Å². The van der Waals surface area contributed by atoms with Crippen LogP contribution in [0, 0.1) is 17.3 Å². The molecule has 0 radical (unpaired) electrons. The normalized spacial score (nSPS) is 35.4. The lowest BCUT2D eigenvalue weighted by atomic mass is 9.63. The van der Waals surface area contributed by atoms with Gasteiger partial charge >= 0.3 is 11.9 Å². The van der Waals surface area contributed by atoms with Gasteiger partial charge < -0.3 is 4.74 Å². The Balaban J connectivity index is 1.98. The fourth-order valence-electron chi connectivity index (χ4n) is 3.69. The average molecular weight is 234 g/mol. The van der Waals surface area contributed by atoms with Gasteiger partial charge in [-0.25, -0.2) is 0 Å². The molecule has 3 heteroatoms. The van der Waals surface area contributed by atoms with E-state index in [0.717, 1.165) is 19.3 Å². The van der Waals surface area contributed by atoms with Crippen molar-refractivity contribution in [2.75, 3.05) is 0 Å². The number of rotatable bonds is 0. The van der Waals surface area contributed by atoms with Gasteiger partial charge in [-0.05, 0) is 37.5 Å². The maximum Gasteiger partial charge on any atom is 0.317 e. The molecule has 0 bridgehead atoms. The maximum atomic E-state index is 11.6. The number of allylic oxidation sites excluding steroid dienone is 2. The largest absolute Gasteiger partial charge is 0.393 e. The molecule has 0 unspecified atom stereocenters. The Bertz CT molecular complexity index is 431. The summed E-state index contributed by atoms with van der Waals surface area (Å²) in [4.78, 5) is 23.2. The van der Waals surface area contributed by atoms with Crippen LogP contribution in [0.1, 0.15) is 46.0 Å². The van der Waals surface area contributed by atoms with Crippen molar-refractivity contribution in [2.45, 2.75) is 46.0 Å². The molecule has 2 atom stereocenters. The third-order valence-electron chi connectivity index (χ3n) is 4.71. The van der Waals surface area contributed by atoms with Gasteiger partial charge in [0.15, 0.2) is 0 Å². The second-order valence-electron chi connectivity index (χ2n) is 6.18. The van der Waals surface area contributed by atoms with Gasteiger partial charge in [-0.2, -0.15) is 0 Å². The molecular weight excluding hydrogens is 216 g/mol. The number of ether oxygens (including phenoxy) is 1. The second kappa shape index (κ2) is 3.44. The Morgan fingerprint density at radius 1 is 1.12 bits per heavy atom. The lowest BCUT2D eigenvalue weighted by molar-refractivity contribution is -0.153. The van der Waals surface area contributed by atoms with Gasteiger partial charge in [0.05, 0.1) is 11.8 Å². The molecule has 0 saturated carbocycles. The van der Waals surface area contributed by atoms with Crippen LogP contribution in [0.4, 0.5) is 0 Å². The Labute approximate surface area is 101 Å². The molecule has 1 fully saturated rings. The number of cyclic esters (lactones) is 2. The molecule has 92 valence electrons. The number of carbonyl (C=O) groups excluding carboxylic acids is 2. The molecule has 1 aliphatic heterocycles. The highest BCUT2D eigenvalue weighted by molar-refractivity contribution is 5.97. The summed E-state index contributed by atoms with van der Waals surface area (Å²) in [6, 6.07) is 0. The van der Waals surface area contributed by atoms with Crippen molar-refractivity contribution in [1.29, 1.82) is 0 Å². The topological polar surface area (TPSA) is 43.4 Å². The molecule has 1 heterocycles. The molecule has 0 spiro atoms. The van der Waals surface area contributed by atoms with Crippen molar-refractivity contribution in [3.63, 3.8) is 0 Å². The van der Waals surface area contributed by atoms with Crippen molar-refractivity contribution < 1.29 is 14.3 Å². The molecular formula is C14H18O3. The predicted octanol–water partition coefficient (Wildman–Crippen LogP) is 2.60. The molecule has 0 aromatic rings. The van der Waals surface area contributed by atoms with Crippen molar-refractivity contribution in [3.05, 3.63) is 11.1 Å². The highest BCUT2D eigenvalue weighted by Crippen LogP contribution is 2.51. The van der Waals surface area contributed by atoms with E-state index >= 15 is 0 Å². The summed E-state index contributed by atoms with van der Waals surface area (Å²) in [5.74, 6) is -0.975. The van der Waals surface area contributed by atoms with Gasteiger partial charge in [0.2, 0.25) is 0 Å². The van der Waals surface area contributed by atoms with Crippen LogP contribution >= 0.6 is 0 Å². The zero-order chi connectivity index (χ0) is 12.2. The average Bonchev–Trinajstić information content (AvgIpc) is 2.53. The monoisotopic (exact) mass is 234 g/mol. The van der Waals surface area contributed by atoms with E-state index < -0.39 is 0 Å². The predicted molar refractivity (Wildman–Crippen MR) is 62.0 cm³/mol. The summed E-state index contributed by atoms with van der Waals surface area (Å²) in [5, 5.41) is 0. The molecule has 0 aromatic carbocycles. The van der Waals surface area contributed by atoms with Crippen molar-refractivity contribution in [3.8, 4) is 0 Å². The van der Waals surface area contributed by atoms with E-state index in [4.69, 9.17) is 4.74 Å². The Hall–Kier alpha value is -1.12. The highest BCUT2D eigenvalue weighted by atomic mass is 16.6. The van der Waals surface area contributed by atoms with E-state index in [1.807, 2.05) is 0 Å². The number of fused-ring (bicyclic) bond motifs is 1. The van der Waals surface area contributed by atoms with Crippen molar-refractivity contribution in [2.24, 2.45) is 17.3 Å². The van der Waals surface area contributed by atoms with Gasteiger partial charge in [-0.1, -0.05) is 25.0 Å². The number of esters is 2. The molecule has 17 heavy (non-hydrogen) atoms. The molecule has 2 aliphatic carbocycles. The van der Waals surface area contributed by atoms with E-state index in [9.17, 15) is 9.59 Å². The van der Waals surface area contributed by atoms with E-state index in [1.54, 1.807) is 0 Å². The summed E-state index contributed by atoms with van der Waals surface area (Å²) in [6.07, 6.45) is 4.99. The summed E-state index contributed by atoms with van der Waals surface area (Å²) in [5.41, 5.74) is 3.05. The van der Waals surface area contributed by atoms with Gasteiger partial charge in [0.25, 0.3) is 0 Å². The first-order valence-electron chi connectivity index (χ1n) is 6.46. The van der Waals surface area contributed by atoms with Crippen molar-refractivity contribution >= 4 is 11.9 Å². The van der Waals surface area contributed by atoms with Gasteiger partial charge in [-0.15, -0.1) is 0 Å². The summed E-state index contributed by atoms with van der Waals surface area (Å²) in [7, 11) is 0. The third kappa shape index (κ3) is 1.55. The summed E-state index contributed by atoms with van der Waals surface area (Å²) >= 11 is 0. The lowest BCUT2D eigenvalue weighted by Gasteiger charge is -2.40. The van der Waals surface area contributed by atoms with Gasteiger partial charge in [0, 0.05) is 0 Å². The van der Waals surface area contributed by atoms with E-state index in [0.29, 0.717) is 0 Å². The number of hydrogen-bond donors (Lipinski definition) is 0. The highest BCUT2D eigenvalue weighted by Gasteiger charge is 2.49. The molecule has 0 aromatic heterocycles. The van der Waals surface area contributed by atoms with Crippen LogP contribution < -0.4 is 0 Å². The maximum absolute atomic E-state index is 11.6. The molecule has 1 saturated heterocycles. The molecule has 0 N–H and O–H groups in total. The molecule has 3 rings (SSSR count). The first-order valence-corrected chi connectivity index (χ1v) is 6.46. The second-order valence-corrected chi connectivity index (χ2v) is 6.18. The van der Waals surface area contributed by atoms with Crippen LogP contribution in [0.2, 0.25) is 0 Å².